The molecule has 2 aromatic rings. The zero-order valence-electron chi connectivity index (χ0n) is 16.9. The number of benzene rings is 2. The van der Waals surface area contributed by atoms with Crippen molar-refractivity contribution in [3.63, 3.8) is 0 Å². The van der Waals surface area contributed by atoms with Crippen LogP contribution in [0.25, 0.3) is 11.1 Å². The highest BCUT2D eigenvalue weighted by Crippen LogP contribution is 2.53. The van der Waals surface area contributed by atoms with Gasteiger partial charge in [0.25, 0.3) is 0 Å². The van der Waals surface area contributed by atoms with Gasteiger partial charge in [0, 0.05) is 16.6 Å². The molecule has 6 rings (SSSR count). The highest BCUT2D eigenvalue weighted by Gasteiger charge is 2.47. The first kappa shape index (κ1) is 21.0. The van der Waals surface area contributed by atoms with E-state index in [1.54, 1.807) is 0 Å². The van der Waals surface area contributed by atoms with Crippen LogP contribution in [0.2, 0.25) is 5.02 Å². The lowest BCUT2D eigenvalue weighted by Crippen LogP contribution is -2.54. The van der Waals surface area contributed by atoms with Crippen molar-refractivity contribution in [2.45, 2.75) is 44.6 Å². The molecular weight excluding hydrogens is 401 g/mol. The fourth-order valence-electron chi connectivity index (χ4n) is 6.25. The predicted molar refractivity (Wildman–Crippen MR) is 123 cm³/mol. The number of nitrogens with one attached hydrogen (secondary N) is 1. The molecule has 0 aromatic heterocycles. The number of ether oxygens (including phenoxy) is 1. The molecular formula is C25H31Cl2NO. The average Bonchev–Trinajstić information content (AvgIpc) is 2.70. The van der Waals surface area contributed by atoms with E-state index in [2.05, 4.69) is 29.6 Å². The molecule has 2 nitrogen and oxygen atoms in total. The van der Waals surface area contributed by atoms with Crippen molar-refractivity contribution in [1.29, 1.82) is 0 Å². The Morgan fingerprint density at radius 2 is 1.59 bits per heavy atom. The van der Waals surface area contributed by atoms with E-state index in [1.807, 2.05) is 24.3 Å². The highest BCUT2D eigenvalue weighted by molar-refractivity contribution is 6.31. The van der Waals surface area contributed by atoms with Gasteiger partial charge in [-0.15, -0.1) is 12.4 Å². The molecule has 156 valence electrons. The summed E-state index contributed by atoms with van der Waals surface area (Å²) in [6, 6.07) is 17.0. The summed E-state index contributed by atoms with van der Waals surface area (Å²) in [7, 11) is 0. The summed E-state index contributed by atoms with van der Waals surface area (Å²) < 4.78 is 6.16. The minimum absolute atomic E-state index is 0. The van der Waals surface area contributed by atoms with Crippen LogP contribution < -0.4 is 10.1 Å². The standard InChI is InChI=1S/C25H30ClNO.ClH/c26-22-7-8-24(23(16-22)19-5-2-1-3-6-19)28-10-4-9-27-25-20-12-17-11-18(14-20)15-21(25)13-17;/h1-3,5-8,16-18,20-21,25,27H,4,9-15H2;1H. The second kappa shape index (κ2) is 9.29. The van der Waals surface area contributed by atoms with Crippen LogP contribution in [0.3, 0.4) is 0 Å². The monoisotopic (exact) mass is 431 g/mol. The predicted octanol–water partition coefficient (Wildman–Crippen LogP) is 6.61. The molecule has 0 radical (unpaired) electrons. The van der Waals surface area contributed by atoms with Gasteiger partial charge >= 0.3 is 0 Å². The number of hydrogen-bond acceptors (Lipinski definition) is 2. The van der Waals surface area contributed by atoms with Crippen molar-refractivity contribution in [3.05, 3.63) is 53.6 Å². The van der Waals surface area contributed by atoms with Crippen LogP contribution in [0.15, 0.2) is 48.5 Å². The van der Waals surface area contributed by atoms with E-state index in [9.17, 15) is 0 Å². The smallest absolute Gasteiger partial charge is 0.127 e. The maximum absolute atomic E-state index is 6.23. The van der Waals surface area contributed by atoms with Gasteiger partial charge in [-0.3, -0.25) is 0 Å². The fraction of sp³-hybridized carbons (Fsp3) is 0.520. The van der Waals surface area contributed by atoms with Crippen LogP contribution in [-0.4, -0.2) is 19.2 Å². The van der Waals surface area contributed by atoms with E-state index in [-0.39, 0.29) is 12.4 Å². The first-order valence-electron chi connectivity index (χ1n) is 11.0. The molecule has 4 aliphatic carbocycles. The molecule has 0 amide bonds. The van der Waals surface area contributed by atoms with Gasteiger partial charge in [0.15, 0.2) is 0 Å². The fourth-order valence-corrected chi connectivity index (χ4v) is 6.42. The minimum Gasteiger partial charge on any atom is -0.493 e. The SMILES string of the molecule is Cl.Clc1ccc(OCCCNC2C3CC4CC(C3)CC2C4)c(-c2ccccc2)c1. The maximum Gasteiger partial charge on any atom is 0.127 e. The Labute approximate surface area is 185 Å². The summed E-state index contributed by atoms with van der Waals surface area (Å²) in [6.07, 6.45) is 8.48. The second-order valence-corrected chi connectivity index (χ2v) is 9.56. The Morgan fingerprint density at radius 1 is 0.897 bits per heavy atom. The Bertz CT molecular complexity index is 782. The van der Waals surface area contributed by atoms with Crippen LogP contribution in [0.5, 0.6) is 5.75 Å². The van der Waals surface area contributed by atoms with Crippen LogP contribution in [0, 0.1) is 23.7 Å². The highest BCUT2D eigenvalue weighted by atomic mass is 35.5. The quantitative estimate of drug-likeness (QED) is 0.497. The van der Waals surface area contributed by atoms with E-state index in [0.29, 0.717) is 0 Å². The molecule has 0 spiro atoms. The van der Waals surface area contributed by atoms with Crippen molar-refractivity contribution in [2.75, 3.05) is 13.2 Å². The van der Waals surface area contributed by atoms with Crippen molar-refractivity contribution in [1.82, 2.24) is 5.32 Å². The van der Waals surface area contributed by atoms with E-state index in [1.165, 1.54) is 32.1 Å². The molecule has 0 unspecified atom stereocenters. The van der Waals surface area contributed by atoms with E-state index in [4.69, 9.17) is 16.3 Å². The Morgan fingerprint density at radius 3 is 2.28 bits per heavy atom. The third-order valence-electron chi connectivity index (χ3n) is 7.21. The van der Waals surface area contributed by atoms with Crippen molar-refractivity contribution in [3.8, 4) is 16.9 Å². The molecule has 4 fully saturated rings. The molecule has 0 saturated heterocycles. The summed E-state index contributed by atoms with van der Waals surface area (Å²) in [5.41, 5.74) is 2.22. The summed E-state index contributed by atoms with van der Waals surface area (Å²) in [5, 5.41) is 4.65. The van der Waals surface area contributed by atoms with Gasteiger partial charge in [-0.05, 0) is 92.5 Å². The Balaban J connectivity index is 0.00000205. The molecule has 2 aromatic carbocycles. The summed E-state index contributed by atoms with van der Waals surface area (Å²) in [4.78, 5) is 0. The van der Waals surface area contributed by atoms with Gasteiger partial charge < -0.3 is 10.1 Å². The van der Waals surface area contributed by atoms with Crippen molar-refractivity contribution < 1.29 is 4.74 Å². The van der Waals surface area contributed by atoms with Gasteiger partial charge in [-0.2, -0.15) is 0 Å². The first-order valence-corrected chi connectivity index (χ1v) is 11.3. The molecule has 4 bridgehead atoms. The Kier molecular flexibility index (Phi) is 6.73. The lowest BCUT2D eigenvalue weighted by atomic mass is 9.54. The molecule has 0 aliphatic heterocycles. The Hall–Kier alpha value is -1.22. The summed E-state index contributed by atoms with van der Waals surface area (Å²) in [5.74, 6) is 4.90. The van der Waals surface area contributed by atoms with E-state index < -0.39 is 0 Å². The molecule has 29 heavy (non-hydrogen) atoms. The van der Waals surface area contributed by atoms with Gasteiger partial charge in [0.1, 0.15) is 5.75 Å². The minimum atomic E-state index is 0. The van der Waals surface area contributed by atoms with E-state index in [0.717, 1.165) is 71.2 Å². The molecule has 0 heterocycles. The number of rotatable bonds is 7. The van der Waals surface area contributed by atoms with Crippen LogP contribution >= 0.6 is 24.0 Å². The van der Waals surface area contributed by atoms with Crippen LogP contribution in [-0.2, 0) is 0 Å². The van der Waals surface area contributed by atoms with Gasteiger partial charge in [0.2, 0.25) is 0 Å². The maximum atomic E-state index is 6.23. The summed E-state index contributed by atoms with van der Waals surface area (Å²) in [6.45, 7) is 1.79. The molecule has 0 atom stereocenters. The van der Waals surface area contributed by atoms with Crippen LogP contribution in [0.4, 0.5) is 0 Å². The van der Waals surface area contributed by atoms with Crippen molar-refractivity contribution >= 4 is 24.0 Å². The lowest BCUT2D eigenvalue weighted by Gasteiger charge is -2.54. The lowest BCUT2D eigenvalue weighted by molar-refractivity contribution is -0.0137. The zero-order valence-corrected chi connectivity index (χ0v) is 18.4. The molecule has 4 saturated carbocycles. The van der Waals surface area contributed by atoms with Gasteiger partial charge in [-0.1, -0.05) is 41.9 Å². The number of halogens is 2. The third-order valence-corrected chi connectivity index (χ3v) is 7.45. The molecule has 4 aliphatic rings. The molecule has 1 N–H and O–H groups in total. The average molecular weight is 432 g/mol. The van der Waals surface area contributed by atoms with Gasteiger partial charge in [-0.25, -0.2) is 0 Å². The largest absolute Gasteiger partial charge is 0.493 e. The topological polar surface area (TPSA) is 21.3 Å². The van der Waals surface area contributed by atoms with Crippen molar-refractivity contribution in [2.24, 2.45) is 23.7 Å². The second-order valence-electron chi connectivity index (χ2n) is 9.12. The van der Waals surface area contributed by atoms with Gasteiger partial charge in [0.05, 0.1) is 6.61 Å². The number of hydrogen-bond donors (Lipinski definition) is 1. The normalized spacial score (nSPS) is 29.5. The molecule has 4 heteroatoms. The first-order chi connectivity index (χ1) is 13.8. The van der Waals surface area contributed by atoms with Crippen LogP contribution in [0.1, 0.15) is 38.5 Å². The third kappa shape index (κ3) is 4.60. The van der Waals surface area contributed by atoms with E-state index >= 15 is 0 Å². The summed E-state index contributed by atoms with van der Waals surface area (Å²) >= 11 is 6.23. The zero-order chi connectivity index (χ0) is 18.9.